The molecule has 0 bridgehead atoms. The van der Waals surface area contributed by atoms with Gasteiger partial charge in [-0.05, 0) is 6.92 Å². The van der Waals surface area contributed by atoms with E-state index in [1.165, 1.54) is 0 Å². The molecule has 9 heteroatoms. The third kappa shape index (κ3) is 6.40. The smallest absolute Gasteiger partial charge is 0.320 e. The molecule has 1 rings (SSSR count). The topological polar surface area (TPSA) is 121 Å². The van der Waals surface area contributed by atoms with Crippen molar-refractivity contribution in [2.75, 3.05) is 44.2 Å². The van der Waals surface area contributed by atoms with Gasteiger partial charge < -0.3 is 10.8 Å². The molecule has 0 aromatic heterocycles. The van der Waals surface area contributed by atoms with Crippen LogP contribution in [-0.2, 0) is 19.4 Å². The summed E-state index contributed by atoms with van der Waals surface area (Å²) in [6, 6.07) is -0.522. The highest BCUT2D eigenvalue weighted by Gasteiger charge is 2.25. The van der Waals surface area contributed by atoms with Crippen LogP contribution in [0.4, 0.5) is 0 Å². The zero-order valence-electron chi connectivity index (χ0n) is 12.2. The van der Waals surface area contributed by atoms with Crippen molar-refractivity contribution in [3.8, 4) is 0 Å². The molecule has 1 amide bonds. The van der Waals surface area contributed by atoms with Crippen molar-refractivity contribution in [2.24, 2.45) is 5.73 Å². The Morgan fingerprint density at radius 1 is 1.19 bits per heavy atom. The second-order valence-electron chi connectivity index (χ2n) is 5.26. The second-order valence-corrected chi connectivity index (χ2v) is 7.56. The molecule has 1 saturated heterocycles. The number of carboxylic acids is 1. The molecule has 0 aromatic rings. The van der Waals surface area contributed by atoms with Gasteiger partial charge >= 0.3 is 5.97 Å². The first-order chi connectivity index (χ1) is 9.71. The number of hydrogen-bond acceptors (Lipinski definition) is 6. The lowest BCUT2D eigenvalue weighted by Gasteiger charge is -2.36. The van der Waals surface area contributed by atoms with Crippen molar-refractivity contribution >= 4 is 21.7 Å². The number of piperazine rings is 1. The summed E-state index contributed by atoms with van der Waals surface area (Å²) in [5, 5.41) is 8.94. The van der Waals surface area contributed by atoms with E-state index in [9.17, 15) is 18.0 Å². The first-order valence-corrected chi connectivity index (χ1v) is 8.71. The van der Waals surface area contributed by atoms with Crippen LogP contribution in [0.3, 0.4) is 0 Å². The third-order valence-electron chi connectivity index (χ3n) is 3.69. The second kappa shape index (κ2) is 7.71. The van der Waals surface area contributed by atoms with Crippen LogP contribution in [0.2, 0.25) is 0 Å². The van der Waals surface area contributed by atoms with Crippen molar-refractivity contribution in [1.82, 2.24) is 9.80 Å². The summed E-state index contributed by atoms with van der Waals surface area (Å²) in [5.41, 5.74) is 4.94. The monoisotopic (exact) mass is 321 g/mol. The molecule has 1 atom stereocenters. The fourth-order valence-corrected chi connectivity index (χ4v) is 3.41. The van der Waals surface area contributed by atoms with Crippen LogP contribution in [0, 0.1) is 0 Å². The minimum Gasteiger partial charge on any atom is -0.480 e. The standard InChI is InChI=1S/C12H23N3O5S/c1-10(12(17)18)15-5-3-14(4-6-15)7-9-21(19,20)8-2-11(13)16/h10H,2-9H2,1H3,(H2,13,16)(H,17,18). The van der Waals surface area contributed by atoms with Crippen LogP contribution in [0.25, 0.3) is 0 Å². The van der Waals surface area contributed by atoms with Gasteiger partial charge in [0.2, 0.25) is 5.91 Å². The van der Waals surface area contributed by atoms with Crippen LogP contribution < -0.4 is 5.73 Å². The molecule has 1 aliphatic rings. The van der Waals surface area contributed by atoms with Gasteiger partial charge in [-0.2, -0.15) is 0 Å². The predicted octanol–water partition coefficient (Wildman–Crippen LogP) is -1.63. The van der Waals surface area contributed by atoms with Gasteiger partial charge in [0.05, 0.1) is 11.5 Å². The van der Waals surface area contributed by atoms with Gasteiger partial charge in [0.15, 0.2) is 9.84 Å². The van der Waals surface area contributed by atoms with Crippen LogP contribution >= 0.6 is 0 Å². The number of primary amides is 1. The summed E-state index contributed by atoms with van der Waals surface area (Å²) in [6.45, 7) is 4.54. The normalized spacial score (nSPS) is 19.3. The molecule has 1 aliphatic heterocycles. The van der Waals surface area contributed by atoms with E-state index in [1.807, 2.05) is 9.80 Å². The molecule has 21 heavy (non-hydrogen) atoms. The molecule has 0 radical (unpaired) electrons. The number of nitrogens with zero attached hydrogens (tertiary/aromatic N) is 2. The van der Waals surface area contributed by atoms with Gasteiger partial charge in [0.25, 0.3) is 0 Å². The molecular formula is C12H23N3O5S. The van der Waals surface area contributed by atoms with Crippen molar-refractivity contribution in [3.63, 3.8) is 0 Å². The summed E-state index contributed by atoms with van der Waals surface area (Å²) in [5.74, 6) is -1.68. The number of carbonyl (C=O) groups excluding carboxylic acids is 1. The number of carbonyl (C=O) groups is 2. The van der Waals surface area contributed by atoms with Gasteiger partial charge in [-0.25, -0.2) is 8.42 Å². The molecule has 0 spiro atoms. The molecule has 0 saturated carbocycles. The fourth-order valence-electron chi connectivity index (χ4n) is 2.16. The lowest BCUT2D eigenvalue weighted by molar-refractivity contribution is -0.143. The Bertz CT molecular complexity index is 471. The van der Waals surface area contributed by atoms with Crippen LogP contribution in [-0.4, -0.2) is 85.5 Å². The van der Waals surface area contributed by atoms with Gasteiger partial charge in [0.1, 0.15) is 6.04 Å². The van der Waals surface area contributed by atoms with Crippen LogP contribution in [0.15, 0.2) is 0 Å². The molecule has 122 valence electrons. The summed E-state index contributed by atoms with van der Waals surface area (Å²) >= 11 is 0. The molecule has 1 heterocycles. The minimum absolute atomic E-state index is 0.00519. The van der Waals surface area contributed by atoms with Crippen molar-refractivity contribution in [3.05, 3.63) is 0 Å². The number of carboxylic acid groups (broad SMARTS) is 1. The van der Waals surface area contributed by atoms with Gasteiger partial charge in [-0.3, -0.25) is 19.4 Å². The first-order valence-electron chi connectivity index (χ1n) is 6.89. The van der Waals surface area contributed by atoms with Crippen molar-refractivity contribution in [2.45, 2.75) is 19.4 Å². The predicted molar refractivity (Wildman–Crippen MR) is 77.6 cm³/mol. The number of rotatable bonds is 8. The molecule has 0 aliphatic carbocycles. The number of hydrogen-bond donors (Lipinski definition) is 2. The molecule has 1 fully saturated rings. The maximum absolute atomic E-state index is 11.7. The molecule has 1 unspecified atom stereocenters. The lowest BCUT2D eigenvalue weighted by Crippen LogP contribution is -2.52. The number of nitrogens with two attached hydrogens (primary N) is 1. The highest BCUT2D eigenvalue weighted by Crippen LogP contribution is 2.07. The highest BCUT2D eigenvalue weighted by atomic mass is 32.2. The maximum Gasteiger partial charge on any atom is 0.320 e. The van der Waals surface area contributed by atoms with Gasteiger partial charge in [-0.1, -0.05) is 0 Å². The zero-order chi connectivity index (χ0) is 16.0. The summed E-state index contributed by atoms with van der Waals surface area (Å²) in [4.78, 5) is 25.3. The average Bonchev–Trinajstić information content (AvgIpc) is 2.43. The summed E-state index contributed by atoms with van der Waals surface area (Å²) in [7, 11) is -3.27. The highest BCUT2D eigenvalue weighted by molar-refractivity contribution is 7.91. The van der Waals surface area contributed by atoms with E-state index in [2.05, 4.69) is 0 Å². The van der Waals surface area contributed by atoms with E-state index in [4.69, 9.17) is 10.8 Å². The summed E-state index contributed by atoms with van der Waals surface area (Å²) in [6.07, 6.45) is -0.147. The third-order valence-corrected chi connectivity index (χ3v) is 5.32. The number of sulfone groups is 1. The average molecular weight is 321 g/mol. The largest absolute Gasteiger partial charge is 0.480 e. The van der Waals surface area contributed by atoms with Crippen LogP contribution in [0.5, 0.6) is 0 Å². The van der Waals surface area contributed by atoms with Crippen molar-refractivity contribution in [1.29, 1.82) is 0 Å². The Labute approximate surface area is 124 Å². The quantitative estimate of drug-likeness (QED) is 0.550. The Balaban J connectivity index is 2.33. The Morgan fingerprint density at radius 2 is 1.76 bits per heavy atom. The van der Waals surface area contributed by atoms with E-state index in [-0.39, 0.29) is 17.9 Å². The first kappa shape index (κ1) is 17.9. The molecule has 0 aromatic carbocycles. The fraction of sp³-hybridized carbons (Fsp3) is 0.833. The maximum atomic E-state index is 11.7. The minimum atomic E-state index is -3.27. The van der Waals surface area contributed by atoms with E-state index in [0.717, 1.165) is 0 Å². The molecule has 8 nitrogen and oxygen atoms in total. The van der Waals surface area contributed by atoms with Gasteiger partial charge in [-0.15, -0.1) is 0 Å². The Hall–Kier alpha value is -1.19. The molecular weight excluding hydrogens is 298 g/mol. The number of amides is 1. The molecule has 3 N–H and O–H groups in total. The van der Waals surface area contributed by atoms with Crippen molar-refractivity contribution < 1.29 is 23.1 Å². The van der Waals surface area contributed by atoms with E-state index >= 15 is 0 Å². The Kier molecular flexibility index (Phi) is 6.56. The van der Waals surface area contributed by atoms with E-state index in [1.54, 1.807) is 6.92 Å². The van der Waals surface area contributed by atoms with E-state index in [0.29, 0.717) is 32.7 Å². The zero-order valence-corrected chi connectivity index (χ0v) is 13.0. The van der Waals surface area contributed by atoms with E-state index < -0.39 is 27.8 Å². The number of aliphatic carboxylic acids is 1. The summed E-state index contributed by atoms with van der Waals surface area (Å²) < 4.78 is 23.4. The Morgan fingerprint density at radius 3 is 2.24 bits per heavy atom. The van der Waals surface area contributed by atoms with Gasteiger partial charge in [0, 0.05) is 39.1 Å². The lowest BCUT2D eigenvalue weighted by atomic mass is 10.2. The van der Waals surface area contributed by atoms with Crippen LogP contribution in [0.1, 0.15) is 13.3 Å². The SMILES string of the molecule is CC(C(=O)O)N1CCN(CCS(=O)(=O)CCC(N)=O)CC1.